The Hall–Kier alpha value is -2.77. The number of amides is 1. The van der Waals surface area contributed by atoms with Crippen molar-refractivity contribution in [3.05, 3.63) is 119 Å². The molecule has 4 aromatic rings. The fourth-order valence-electron chi connectivity index (χ4n) is 3.51. The number of anilines is 1. The molecule has 31 heavy (non-hydrogen) atoms. The van der Waals surface area contributed by atoms with Crippen LogP contribution in [0.1, 0.15) is 27.0 Å². The van der Waals surface area contributed by atoms with Gasteiger partial charge in [-0.3, -0.25) is 0 Å². The van der Waals surface area contributed by atoms with Crippen LogP contribution >= 0.6 is 0 Å². The van der Waals surface area contributed by atoms with Crippen LogP contribution in [-0.4, -0.2) is 27.7 Å². The van der Waals surface area contributed by atoms with Gasteiger partial charge in [0.1, 0.15) is 0 Å². The first kappa shape index (κ1) is 21.5. The van der Waals surface area contributed by atoms with Gasteiger partial charge in [-0.1, -0.05) is 0 Å². The van der Waals surface area contributed by atoms with Crippen molar-refractivity contribution in [1.82, 2.24) is 0 Å². The zero-order valence-corrected chi connectivity index (χ0v) is 21.6. The molecule has 0 fully saturated rings. The van der Waals surface area contributed by atoms with Crippen molar-refractivity contribution >= 4 is 43.2 Å². The maximum absolute atomic E-state index is 13.3. The number of hydrogen-bond acceptors (Lipinski definition) is 1. The van der Waals surface area contributed by atoms with Crippen LogP contribution in [0.4, 0.5) is 5.69 Å². The van der Waals surface area contributed by atoms with Gasteiger partial charge in [0.25, 0.3) is 0 Å². The van der Waals surface area contributed by atoms with Gasteiger partial charge in [0, 0.05) is 0 Å². The Kier molecular flexibility index (Phi) is 6.63. The molecule has 2 nitrogen and oxygen atoms in total. The summed E-state index contributed by atoms with van der Waals surface area (Å²) in [5.41, 5.74) is 5.28. The van der Waals surface area contributed by atoms with Crippen LogP contribution < -0.4 is 15.1 Å². The van der Waals surface area contributed by atoms with Crippen molar-refractivity contribution in [2.75, 3.05) is 5.32 Å². The summed E-state index contributed by atoms with van der Waals surface area (Å²) in [6.07, 6.45) is 0. The monoisotopic (exact) mass is 601 g/mol. The summed E-state index contributed by atoms with van der Waals surface area (Å²) in [5, 5.41) is 3.10. The Morgan fingerprint density at radius 1 is 0.613 bits per heavy atom. The predicted octanol–water partition coefficient (Wildman–Crippen LogP) is 4.38. The fraction of sp³-hybridized carbons (Fsp3) is 0.107. The molecule has 0 unspecified atom stereocenters. The third-order valence-electron chi connectivity index (χ3n) is 5.28. The third kappa shape index (κ3) is 5.11. The van der Waals surface area contributed by atoms with E-state index in [9.17, 15) is 4.79 Å². The van der Waals surface area contributed by atoms with E-state index >= 15 is 0 Å². The minimum atomic E-state index is -2.66. The van der Waals surface area contributed by atoms with Crippen LogP contribution in [0.5, 0.6) is 0 Å². The van der Waals surface area contributed by atoms with Gasteiger partial charge in [-0.15, -0.1) is 0 Å². The molecule has 0 spiro atoms. The topological polar surface area (TPSA) is 29.1 Å². The van der Waals surface area contributed by atoms with Crippen molar-refractivity contribution in [3.8, 4) is 0 Å². The molecule has 0 aromatic heterocycles. The van der Waals surface area contributed by atoms with Crippen molar-refractivity contribution in [1.29, 1.82) is 0 Å². The van der Waals surface area contributed by atoms with E-state index in [-0.39, 0.29) is 5.91 Å². The van der Waals surface area contributed by atoms with Crippen molar-refractivity contribution in [3.63, 3.8) is 0 Å². The molecule has 0 saturated heterocycles. The Labute approximate surface area is 192 Å². The first-order valence-electron chi connectivity index (χ1n) is 10.4. The van der Waals surface area contributed by atoms with Crippen molar-refractivity contribution in [2.24, 2.45) is 0 Å². The number of rotatable bonds is 5. The molecule has 4 aromatic carbocycles. The zero-order valence-electron chi connectivity index (χ0n) is 18.1. The second-order valence-corrected chi connectivity index (χ2v) is 16.3. The van der Waals surface area contributed by atoms with Gasteiger partial charge in [-0.25, -0.2) is 0 Å². The molecule has 154 valence electrons. The SMILES string of the molecule is Cc1ccc(NC(=O)c2cccc[c]2[Bi]([c]2ccc(C)cc2)[c]2ccc(C)cc2)cc1. The number of carbonyl (C=O) groups excluding carboxylic acids is 1. The maximum atomic E-state index is 13.3. The standard InChI is InChI=1S/C14H12NO.2C7H7.Bi/c1-11-7-9-13(10-8-11)15-14(16)12-5-3-2-4-6-12;2*1-7-5-3-2-4-6-7;/h2-5,7-10H,1H3,(H,15,16);2*3-6H,1H3;. The summed E-state index contributed by atoms with van der Waals surface area (Å²) in [5.74, 6) is -0.0429. The normalized spacial score (nSPS) is 10.8. The average molecular weight is 602 g/mol. The summed E-state index contributed by atoms with van der Waals surface area (Å²) < 4.78 is 3.95. The van der Waals surface area contributed by atoms with Crippen LogP contribution in [0, 0.1) is 20.8 Å². The third-order valence-corrected chi connectivity index (χ3v) is 15.0. The van der Waals surface area contributed by atoms with Crippen LogP contribution in [-0.2, 0) is 0 Å². The van der Waals surface area contributed by atoms with Crippen LogP contribution in [0.15, 0.2) is 97.1 Å². The molecule has 0 saturated carbocycles. The van der Waals surface area contributed by atoms with Gasteiger partial charge in [0.05, 0.1) is 0 Å². The van der Waals surface area contributed by atoms with Gasteiger partial charge in [0.2, 0.25) is 0 Å². The summed E-state index contributed by atoms with van der Waals surface area (Å²) in [4.78, 5) is 13.3. The molecule has 0 atom stereocenters. The molecule has 0 radical (unpaired) electrons. The number of nitrogens with one attached hydrogen (secondary N) is 1. The van der Waals surface area contributed by atoms with Gasteiger partial charge in [-0.2, -0.15) is 0 Å². The molecule has 0 aliphatic heterocycles. The van der Waals surface area contributed by atoms with E-state index in [0.717, 1.165) is 11.3 Å². The van der Waals surface area contributed by atoms with E-state index < -0.39 is 21.8 Å². The van der Waals surface area contributed by atoms with Crippen molar-refractivity contribution in [2.45, 2.75) is 20.8 Å². The van der Waals surface area contributed by atoms with Gasteiger partial charge in [0.15, 0.2) is 0 Å². The van der Waals surface area contributed by atoms with E-state index in [1.165, 1.54) is 26.5 Å². The zero-order chi connectivity index (χ0) is 21.8. The predicted molar refractivity (Wildman–Crippen MR) is 133 cm³/mol. The van der Waals surface area contributed by atoms with Gasteiger partial charge >= 0.3 is 193 Å². The minimum absolute atomic E-state index is 0.0429. The van der Waals surface area contributed by atoms with E-state index in [4.69, 9.17) is 0 Å². The number of benzene rings is 4. The summed E-state index contributed by atoms with van der Waals surface area (Å²) in [6, 6.07) is 33.8. The quantitative estimate of drug-likeness (QED) is 0.339. The number of aryl methyl sites for hydroxylation is 3. The van der Waals surface area contributed by atoms with E-state index in [0.29, 0.717) is 0 Å². The molecule has 0 bridgehead atoms. The molecule has 0 heterocycles. The Morgan fingerprint density at radius 3 is 1.58 bits per heavy atom. The van der Waals surface area contributed by atoms with Crippen LogP contribution in [0.3, 0.4) is 0 Å². The van der Waals surface area contributed by atoms with E-state index in [1.807, 2.05) is 43.3 Å². The van der Waals surface area contributed by atoms with E-state index in [1.54, 1.807) is 0 Å². The first-order chi connectivity index (χ1) is 15.0. The van der Waals surface area contributed by atoms with E-state index in [2.05, 4.69) is 79.8 Å². The molecule has 0 aliphatic rings. The molecule has 3 heteroatoms. The fourth-order valence-corrected chi connectivity index (χ4v) is 12.8. The molecule has 4 rings (SSSR count). The van der Waals surface area contributed by atoms with Gasteiger partial charge < -0.3 is 0 Å². The van der Waals surface area contributed by atoms with Crippen LogP contribution in [0.2, 0.25) is 0 Å². The Morgan fingerprint density at radius 2 is 1.06 bits per heavy atom. The molecular formula is C28H26BiNO. The second-order valence-electron chi connectivity index (χ2n) is 7.84. The van der Waals surface area contributed by atoms with Crippen molar-refractivity contribution < 1.29 is 4.79 Å². The molecule has 0 aliphatic carbocycles. The summed E-state index contributed by atoms with van der Waals surface area (Å²) in [7, 11) is 0. The number of carbonyl (C=O) groups is 1. The first-order valence-corrected chi connectivity index (χ1v) is 15.6. The second kappa shape index (κ2) is 9.58. The van der Waals surface area contributed by atoms with Crippen LogP contribution in [0.25, 0.3) is 0 Å². The Bertz CT molecular complexity index is 1130. The summed E-state index contributed by atoms with van der Waals surface area (Å²) in [6.45, 7) is 6.27. The number of hydrogen-bond donors (Lipinski definition) is 1. The van der Waals surface area contributed by atoms with Gasteiger partial charge in [-0.05, 0) is 0 Å². The molecule has 1 N–H and O–H groups in total. The Balaban J connectivity index is 1.78. The summed E-state index contributed by atoms with van der Waals surface area (Å²) >= 11 is -2.66. The molecular weight excluding hydrogens is 575 g/mol. The molecule has 1 amide bonds. The average Bonchev–Trinajstić information content (AvgIpc) is 2.78.